The molecule has 0 atom stereocenters. The van der Waals surface area contributed by atoms with E-state index in [1.165, 1.54) is 63.5 Å². The summed E-state index contributed by atoms with van der Waals surface area (Å²) in [6.07, 6.45) is 0. The van der Waals surface area contributed by atoms with Crippen LogP contribution in [0.5, 0.6) is 23.0 Å². The maximum absolute atomic E-state index is 14.1. The molecule has 1 aromatic heterocycles. The molecule has 4 aromatic rings. The number of aromatic nitrogens is 2. The van der Waals surface area contributed by atoms with Crippen molar-refractivity contribution < 1.29 is 32.2 Å². The number of sulfonamides is 1. The van der Waals surface area contributed by atoms with Crippen LogP contribution in [0.4, 0.5) is 11.4 Å². The van der Waals surface area contributed by atoms with E-state index in [1.807, 2.05) is 6.07 Å². The first-order valence-electron chi connectivity index (χ1n) is 12.7. The summed E-state index contributed by atoms with van der Waals surface area (Å²) in [7, 11) is 2.91. The fourth-order valence-corrected chi connectivity index (χ4v) is 5.86. The van der Waals surface area contributed by atoms with Crippen molar-refractivity contribution in [3.05, 3.63) is 82.8 Å². The number of ether oxygens (including phenoxy) is 4. The van der Waals surface area contributed by atoms with E-state index in [1.54, 1.807) is 49.0 Å². The largest absolute Gasteiger partial charge is 0.497 e. The highest BCUT2D eigenvalue weighted by molar-refractivity contribution is 7.92. The number of benzene rings is 3. The second-order valence-electron chi connectivity index (χ2n) is 9.05. The quantitative estimate of drug-likeness (QED) is 0.279. The molecule has 0 bridgehead atoms. The maximum Gasteiger partial charge on any atom is 0.295 e. The zero-order valence-electron chi connectivity index (χ0n) is 24.1. The number of hydrogen-bond donors (Lipinski definition) is 1. The number of carbonyl (C=O) groups is 1. The van der Waals surface area contributed by atoms with Gasteiger partial charge in [-0.15, -0.1) is 0 Å². The number of para-hydroxylation sites is 1. The third-order valence-electron chi connectivity index (χ3n) is 6.70. The highest BCUT2D eigenvalue weighted by Crippen LogP contribution is 2.37. The molecule has 12 nitrogen and oxygen atoms in total. The topological polar surface area (TPSA) is 130 Å². The van der Waals surface area contributed by atoms with E-state index in [0.29, 0.717) is 22.9 Å². The van der Waals surface area contributed by atoms with Gasteiger partial charge in [0.15, 0.2) is 11.5 Å². The highest BCUT2D eigenvalue weighted by atomic mass is 32.2. The van der Waals surface area contributed by atoms with E-state index < -0.39 is 28.0 Å². The Morgan fingerprint density at radius 1 is 0.857 bits per heavy atom. The number of carbonyl (C=O) groups excluding carboxylic acids is 1. The molecule has 0 unspecified atom stereocenters. The smallest absolute Gasteiger partial charge is 0.295 e. The summed E-state index contributed by atoms with van der Waals surface area (Å²) < 4.78 is 53.5. The van der Waals surface area contributed by atoms with E-state index in [-0.39, 0.29) is 27.8 Å². The first-order valence-corrected chi connectivity index (χ1v) is 14.1. The summed E-state index contributed by atoms with van der Waals surface area (Å²) in [5, 5.41) is 2.62. The Hall–Kier alpha value is -4.91. The van der Waals surface area contributed by atoms with Crippen molar-refractivity contribution >= 4 is 27.3 Å². The van der Waals surface area contributed by atoms with Crippen LogP contribution in [-0.2, 0) is 21.9 Å². The summed E-state index contributed by atoms with van der Waals surface area (Å²) >= 11 is 0. The number of amides is 1. The minimum Gasteiger partial charge on any atom is -0.497 e. The SMILES string of the molecule is COc1ccc(OC)c(N(CC(=O)Nc2c(C)n(C)n(-c3ccccc3)c2=O)S(=O)(=O)c2ccc(OC)c(OC)c2)c1. The van der Waals surface area contributed by atoms with Gasteiger partial charge in [0.05, 0.1) is 50.4 Å². The Bertz CT molecular complexity index is 1760. The van der Waals surface area contributed by atoms with Gasteiger partial charge in [-0.05, 0) is 43.3 Å². The van der Waals surface area contributed by atoms with Gasteiger partial charge in [-0.2, -0.15) is 0 Å². The van der Waals surface area contributed by atoms with Gasteiger partial charge >= 0.3 is 0 Å². The molecule has 1 amide bonds. The average Bonchev–Trinajstić information content (AvgIpc) is 3.21. The third kappa shape index (κ3) is 5.63. The van der Waals surface area contributed by atoms with Crippen molar-refractivity contribution in [1.29, 1.82) is 0 Å². The second-order valence-corrected chi connectivity index (χ2v) is 10.9. The molecule has 222 valence electrons. The number of hydrogen-bond acceptors (Lipinski definition) is 8. The number of rotatable bonds is 11. The van der Waals surface area contributed by atoms with E-state index in [9.17, 15) is 18.0 Å². The molecule has 1 N–H and O–H groups in total. The monoisotopic (exact) mass is 596 g/mol. The van der Waals surface area contributed by atoms with Crippen molar-refractivity contribution in [2.75, 3.05) is 44.6 Å². The fraction of sp³-hybridized carbons (Fsp3) is 0.241. The fourth-order valence-electron chi connectivity index (χ4n) is 4.42. The second kappa shape index (κ2) is 12.3. The van der Waals surface area contributed by atoms with Crippen LogP contribution in [0, 0.1) is 6.92 Å². The minimum absolute atomic E-state index is 0.0208. The van der Waals surface area contributed by atoms with Crippen LogP contribution in [0.2, 0.25) is 0 Å². The Morgan fingerprint density at radius 2 is 1.50 bits per heavy atom. The lowest BCUT2D eigenvalue weighted by atomic mass is 10.2. The lowest BCUT2D eigenvalue weighted by Crippen LogP contribution is -2.39. The number of nitrogens with zero attached hydrogens (tertiary/aromatic N) is 3. The molecule has 0 radical (unpaired) electrons. The highest BCUT2D eigenvalue weighted by Gasteiger charge is 2.31. The number of nitrogens with one attached hydrogen (secondary N) is 1. The molecule has 4 rings (SSSR count). The van der Waals surface area contributed by atoms with E-state index in [4.69, 9.17) is 18.9 Å². The van der Waals surface area contributed by atoms with Crippen molar-refractivity contribution in [2.45, 2.75) is 11.8 Å². The Labute approximate surface area is 243 Å². The average molecular weight is 597 g/mol. The molecular weight excluding hydrogens is 564 g/mol. The summed E-state index contributed by atoms with van der Waals surface area (Å²) in [6.45, 7) is 0.985. The summed E-state index contributed by atoms with van der Waals surface area (Å²) in [6, 6.07) is 17.6. The van der Waals surface area contributed by atoms with Gasteiger partial charge in [-0.25, -0.2) is 13.1 Å². The van der Waals surface area contributed by atoms with Gasteiger partial charge in [0, 0.05) is 19.2 Å². The molecular formula is C29H32N4O8S. The standard InChI is InChI=1S/C29H32N4O8S/c1-19-28(29(35)33(31(19)2)20-10-8-7-9-11-20)30-27(34)18-32(23-16-21(38-3)12-14-24(23)39-4)42(36,37)22-13-15-25(40-5)26(17-22)41-6/h7-17H,18H2,1-6H3,(H,30,34). The van der Waals surface area contributed by atoms with Gasteiger partial charge in [0.25, 0.3) is 15.6 Å². The maximum atomic E-state index is 14.1. The Balaban J connectivity index is 1.79. The van der Waals surface area contributed by atoms with Gasteiger partial charge in [-0.1, -0.05) is 18.2 Å². The molecule has 42 heavy (non-hydrogen) atoms. The van der Waals surface area contributed by atoms with Crippen LogP contribution in [0.15, 0.2) is 76.4 Å². The number of methoxy groups -OCH3 is 4. The van der Waals surface area contributed by atoms with Gasteiger partial charge < -0.3 is 24.3 Å². The third-order valence-corrected chi connectivity index (χ3v) is 8.46. The molecule has 0 saturated carbocycles. The molecule has 0 aliphatic rings. The summed E-state index contributed by atoms with van der Waals surface area (Å²) in [5.74, 6) is 0.268. The van der Waals surface area contributed by atoms with Crippen LogP contribution >= 0.6 is 0 Å². The first kappa shape index (κ1) is 30.1. The predicted molar refractivity (Wildman–Crippen MR) is 158 cm³/mol. The van der Waals surface area contributed by atoms with Crippen LogP contribution < -0.4 is 34.1 Å². The van der Waals surface area contributed by atoms with Crippen molar-refractivity contribution in [2.24, 2.45) is 7.05 Å². The lowest BCUT2D eigenvalue weighted by molar-refractivity contribution is -0.114. The van der Waals surface area contributed by atoms with Crippen LogP contribution in [0.3, 0.4) is 0 Å². The summed E-state index contributed by atoms with van der Waals surface area (Å²) in [5.41, 5.74) is 0.682. The van der Waals surface area contributed by atoms with Crippen molar-refractivity contribution in [1.82, 2.24) is 9.36 Å². The van der Waals surface area contributed by atoms with E-state index in [0.717, 1.165) is 4.31 Å². The van der Waals surface area contributed by atoms with Gasteiger partial charge in [0.1, 0.15) is 23.7 Å². The van der Waals surface area contributed by atoms with Crippen LogP contribution in [0.1, 0.15) is 5.69 Å². The molecule has 0 aliphatic heterocycles. The molecule has 0 fully saturated rings. The molecule has 13 heteroatoms. The van der Waals surface area contributed by atoms with Gasteiger partial charge in [0.2, 0.25) is 5.91 Å². The Morgan fingerprint density at radius 3 is 2.12 bits per heavy atom. The normalized spacial score (nSPS) is 11.1. The number of anilines is 2. The first-order chi connectivity index (χ1) is 20.1. The zero-order valence-corrected chi connectivity index (χ0v) is 24.9. The minimum atomic E-state index is -4.41. The lowest BCUT2D eigenvalue weighted by Gasteiger charge is -2.26. The molecule has 0 saturated heterocycles. The molecule has 0 aliphatic carbocycles. The van der Waals surface area contributed by atoms with Crippen molar-refractivity contribution in [3.8, 4) is 28.7 Å². The molecule has 0 spiro atoms. The van der Waals surface area contributed by atoms with E-state index >= 15 is 0 Å². The van der Waals surface area contributed by atoms with E-state index in [2.05, 4.69) is 5.32 Å². The van der Waals surface area contributed by atoms with Crippen LogP contribution in [0.25, 0.3) is 5.69 Å². The Kier molecular flexibility index (Phi) is 8.81. The van der Waals surface area contributed by atoms with Gasteiger partial charge in [-0.3, -0.25) is 18.6 Å². The predicted octanol–water partition coefficient (Wildman–Crippen LogP) is 3.35. The van der Waals surface area contributed by atoms with Crippen LogP contribution in [-0.4, -0.2) is 58.7 Å². The molecule has 1 heterocycles. The summed E-state index contributed by atoms with van der Waals surface area (Å²) in [4.78, 5) is 26.7. The zero-order chi connectivity index (χ0) is 30.6. The molecule has 3 aromatic carbocycles. The van der Waals surface area contributed by atoms with Crippen molar-refractivity contribution in [3.63, 3.8) is 0 Å².